The van der Waals surface area contributed by atoms with Gasteiger partial charge in [0, 0.05) is 35.2 Å². The minimum Gasteiger partial charge on any atom is -0.349 e. The fourth-order valence-corrected chi connectivity index (χ4v) is 3.01. The molecule has 0 aliphatic carbocycles. The lowest BCUT2D eigenvalue weighted by molar-refractivity contribution is -0.117. The number of rotatable bonds is 6. The van der Waals surface area contributed by atoms with Gasteiger partial charge in [-0.2, -0.15) is 5.26 Å². The van der Waals surface area contributed by atoms with Crippen LogP contribution in [0.1, 0.15) is 31.4 Å². The second kappa shape index (κ2) is 8.37. The van der Waals surface area contributed by atoms with Crippen molar-refractivity contribution >= 4 is 22.9 Å². The minimum absolute atomic E-state index is 0.0358. The lowest BCUT2D eigenvalue weighted by Gasteiger charge is -2.10. The van der Waals surface area contributed by atoms with Gasteiger partial charge in [-0.3, -0.25) is 4.79 Å². The van der Waals surface area contributed by atoms with Crippen molar-refractivity contribution in [3.05, 3.63) is 77.5 Å². The Balaban J connectivity index is 1.99. The van der Waals surface area contributed by atoms with E-state index in [1.54, 1.807) is 6.08 Å². The van der Waals surface area contributed by atoms with Gasteiger partial charge in [-0.05, 0) is 31.1 Å². The highest BCUT2D eigenvalue weighted by Crippen LogP contribution is 2.24. The summed E-state index contributed by atoms with van der Waals surface area (Å²) in [6, 6.07) is 20.3. The van der Waals surface area contributed by atoms with Gasteiger partial charge < -0.3 is 9.88 Å². The molecule has 2 aromatic carbocycles. The van der Waals surface area contributed by atoms with Gasteiger partial charge in [0.1, 0.15) is 11.6 Å². The third-order valence-electron chi connectivity index (χ3n) is 4.67. The number of para-hydroxylation sites is 1. The number of amides is 1. The number of nitrogens with one attached hydrogen (secondary N) is 1. The Bertz CT molecular complexity index is 1010. The molecule has 1 N–H and O–H groups in total. The minimum atomic E-state index is -0.327. The average molecular weight is 357 g/mol. The standard InChI is InChI=1S/C23H23N3O/c1-3-17(2)25-23(27)19(14-24)13-20-16-26(15-18-9-5-4-6-10-18)22-12-8-7-11-21(20)22/h4-13,16-17H,3,15H2,1-2H3,(H,25,27)/b19-13+/t17-/m1/s1. The summed E-state index contributed by atoms with van der Waals surface area (Å²) in [7, 11) is 0. The van der Waals surface area contributed by atoms with E-state index >= 15 is 0 Å². The maximum atomic E-state index is 12.4. The third-order valence-corrected chi connectivity index (χ3v) is 4.67. The zero-order chi connectivity index (χ0) is 19.2. The molecule has 0 fully saturated rings. The molecule has 0 saturated heterocycles. The van der Waals surface area contributed by atoms with Crippen molar-refractivity contribution < 1.29 is 4.79 Å². The number of nitrogens with zero attached hydrogens (tertiary/aromatic N) is 2. The molecule has 3 rings (SSSR count). The summed E-state index contributed by atoms with van der Waals surface area (Å²) >= 11 is 0. The van der Waals surface area contributed by atoms with E-state index in [1.807, 2.05) is 62.5 Å². The topological polar surface area (TPSA) is 57.8 Å². The molecule has 1 atom stereocenters. The summed E-state index contributed by atoms with van der Waals surface area (Å²) in [5.41, 5.74) is 3.27. The Kier molecular flexibility index (Phi) is 5.73. The van der Waals surface area contributed by atoms with Crippen molar-refractivity contribution in [2.75, 3.05) is 0 Å². The molecule has 0 aliphatic heterocycles. The molecule has 0 aliphatic rings. The highest BCUT2D eigenvalue weighted by molar-refractivity contribution is 6.04. The maximum Gasteiger partial charge on any atom is 0.262 e. The number of aromatic nitrogens is 1. The number of carbonyl (C=O) groups excluding carboxylic acids is 1. The third kappa shape index (κ3) is 4.27. The number of fused-ring (bicyclic) bond motifs is 1. The van der Waals surface area contributed by atoms with Gasteiger partial charge in [0.2, 0.25) is 0 Å². The fourth-order valence-electron chi connectivity index (χ4n) is 3.01. The van der Waals surface area contributed by atoms with E-state index in [9.17, 15) is 10.1 Å². The molecule has 3 aromatic rings. The molecule has 4 heteroatoms. The molecular formula is C23H23N3O. The Labute approximate surface area is 159 Å². The molecular weight excluding hydrogens is 334 g/mol. The molecule has 0 bridgehead atoms. The van der Waals surface area contributed by atoms with E-state index < -0.39 is 0 Å². The van der Waals surface area contributed by atoms with Crippen LogP contribution in [0.25, 0.3) is 17.0 Å². The van der Waals surface area contributed by atoms with Crippen LogP contribution in [0.3, 0.4) is 0 Å². The fraction of sp³-hybridized carbons (Fsp3) is 0.217. The van der Waals surface area contributed by atoms with E-state index in [-0.39, 0.29) is 17.5 Å². The highest BCUT2D eigenvalue weighted by Gasteiger charge is 2.14. The number of benzene rings is 2. The first-order valence-corrected chi connectivity index (χ1v) is 9.16. The van der Waals surface area contributed by atoms with Gasteiger partial charge in [0.05, 0.1) is 0 Å². The van der Waals surface area contributed by atoms with Gasteiger partial charge in [-0.25, -0.2) is 0 Å². The molecule has 27 heavy (non-hydrogen) atoms. The predicted octanol–water partition coefficient (Wildman–Crippen LogP) is 4.51. The van der Waals surface area contributed by atoms with Gasteiger partial charge in [0.15, 0.2) is 0 Å². The smallest absolute Gasteiger partial charge is 0.262 e. The van der Waals surface area contributed by atoms with Crippen LogP contribution >= 0.6 is 0 Å². The first kappa shape index (κ1) is 18.5. The molecule has 0 spiro atoms. The van der Waals surface area contributed by atoms with Crippen LogP contribution in [0.4, 0.5) is 0 Å². The molecule has 0 saturated carbocycles. The molecule has 1 aromatic heterocycles. The largest absolute Gasteiger partial charge is 0.349 e. The van der Waals surface area contributed by atoms with Gasteiger partial charge in [0.25, 0.3) is 5.91 Å². The van der Waals surface area contributed by atoms with Gasteiger partial charge in [-0.15, -0.1) is 0 Å². The molecule has 4 nitrogen and oxygen atoms in total. The molecule has 136 valence electrons. The molecule has 1 amide bonds. The first-order valence-electron chi connectivity index (χ1n) is 9.16. The Morgan fingerprint density at radius 2 is 1.89 bits per heavy atom. The summed E-state index contributed by atoms with van der Waals surface area (Å²) in [5, 5.41) is 13.4. The molecule has 0 unspecified atom stereocenters. The summed E-state index contributed by atoms with van der Waals surface area (Å²) < 4.78 is 2.15. The quantitative estimate of drug-likeness (QED) is 0.521. The van der Waals surface area contributed by atoms with E-state index in [0.29, 0.717) is 0 Å². The molecule has 1 heterocycles. The summed E-state index contributed by atoms with van der Waals surface area (Å²) in [6.45, 7) is 4.66. The second-order valence-electron chi connectivity index (χ2n) is 6.67. The highest BCUT2D eigenvalue weighted by atomic mass is 16.1. The van der Waals surface area contributed by atoms with Crippen LogP contribution in [0, 0.1) is 11.3 Å². The Hall–Kier alpha value is -3.32. The zero-order valence-electron chi connectivity index (χ0n) is 15.6. The van der Waals surface area contributed by atoms with Crippen molar-refractivity contribution in [3.63, 3.8) is 0 Å². The SMILES string of the molecule is CC[C@@H](C)NC(=O)/C(C#N)=C/c1cn(Cc2ccccc2)c2ccccc12. The Morgan fingerprint density at radius 1 is 1.19 bits per heavy atom. The van der Waals surface area contributed by atoms with Crippen LogP contribution in [0.5, 0.6) is 0 Å². The molecule has 0 radical (unpaired) electrons. The average Bonchev–Trinajstić information content (AvgIpc) is 3.04. The van der Waals surface area contributed by atoms with Crippen molar-refractivity contribution in [1.29, 1.82) is 5.26 Å². The van der Waals surface area contributed by atoms with Gasteiger partial charge >= 0.3 is 0 Å². The summed E-state index contributed by atoms with van der Waals surface area (Å²) in [4.78, 5) is 12.4. The van der Waals surface area contributed by atoms with Crippen LogP contribution in [-0.2, 0) is 11.3 Å². The lowest BCUT2D eigenvalue weighted by Crippen LogP contribution is -2.32. The van der Waals surface area contributed by atoms with E-state index in [1.165, 1.54) is 5.56 Å². The van der Waals surface area contributed by atoms with Gasteiger partial charge in [-0.1, -0.05) is 55.5 Å². The van der Waals surface area contributed by atoms with Crippen molar-refractivity contribution in [2.45, 2.75) is 32.9 Å². The van der Waals surface area contributed by atoms with E-state index in [2.05, 4.69) is 28.1 Å². The normalized spacial score (nSPS) is 12.6. The number of nitriles is 1. The number of hydrogen-bond acceptors (Lipinski definition) is 2. The maximum absolute atomic E-state index is 12.4. The Morgan fingerprint density at radius 3 is 2.59 bits per heavy atom. The zero-order valence-corrected chi connectivity index (χ0v) is 15.6. The van der Waals surface area contributed by atoms with E-state index in [4.69, 9.17) is 0 Å². The lowest BCUT2D eigenvalue weighted by atomic mass is 10.1. The van der Waals surface area contributed by atoms with Crippen LogP contribution in [-0.4, -0.2) is 16.5 Å². The number of hydrogen-bond donors (Lipinski definition) is 1. The van der Waals surface area contributed by atoms with Crippen LogP contribution in [0.2, 0.25) is 0 Å². The first-order chi connectivity index (χ1) is 13.1. The van der Waals surface area contributed by atoms with Crippen LogP contribution in [0.15, 0.2) is 66.4 Å². The summed E-state index contributed by atoms with van der Waals surface area (Å²) in [5.74, 6) is -0.327. The predicted molar refractivity (Wildman–Crippen MR) is 109 cm³/mol. The number of carbonyl (C=O) groups is 1. The van der Waals surface area contributed by atoms with E-state index in [0.717, 1.165) is 29.4 Å². The van der Waals surface area contributed by atoms with Crippen molar-refractivity contribution in [3.8, 4) is 6.07 Å². The van der Waals surface area contributed by atoms with Crippen molar-refractivity contribution in [1.82, 2.24) is 9.88 Å². The monoisotopic (exact) mass is 357 g/mol. The second-order valence-corrected chi connectivity index (χ2v) is 6.67. The van der Waals surface area contributed by atoms with Crippen molar-refractivity contribution in [2.24, 2.45) is 0 Å². The van der Waals surface area contributed by atoms with Crippen LogP contribution < -0.4 is 5.32 Å². The summed E-state index contributed by atoms with van der Waals surface area (Å²) in [6.07, 6.45) is 4.51.